The summed E-state index contributed by atoms with van der Waals surface area (Å²) in [4.78, 5) is 25.5. The topological polar surface area (TPSA) is 123 Å². The summed E-state index contributed by atoms with van der Waals surface area (Å²) >= 11 is 0. The standard InChI is InChI=1S/C32H33N3O5/c1-2-39-29(16-7-8-17-30(37)34-28-14-6-5-13-26(28)33)31(23-18-20-24(36)21-19-23)40-32(38)35-27-15-9-11-22-10-3-4-12-25(22)27/h3-6,8-15,17-21,29,31,36H,2,7,16,33H2,1H3,(H,34,37)(H,35,38)/b17-8+/t29-,31-/m1/s1. The summed E-state index contributed by atoms with van der Waals surface area (Å²) in [7, 11) is 0. The summed E-state index contributed by atoms with van der Waals surface area (Å²) in [6.45, 7) is 2.26. The highest BCUT2D eigenvalue weighted by Crippen LogP contribution is 2.30. The van der Waals surface area contributed by atoms with Crippen LogP contribution in [0.3, 0.4) is 0 Å². The number of nitrogens with two attached hydrogens (primary N) is 1. The molecule has 8 nitrogen and oxygen atoms in total. The van der Waals surface area contributed by atoms with E-state index in [0.29, 0.717) is 42.1 Å². The molecular formula is C32H33N3O5. The van der Waals surface area contributed by atoms with Crippen LogP contribution in [0.5, 0.6) is 5.75 Å². The van der Waals surface area contributed by atoms with Gasteiger partial charge in [-0.3, -0.25) is 10.1 Å². The van der Waals surface area contributed by atoms with E-state index in [1.54, 1.807) is 42.5 Å². The van der Waals surface area contributed by atoms with E-state index in [4.69, 9.17) is 15.2 Å². The van der Waals surface area contributed by atoms with Gasteiger partial charge in [0, 0.05) is 12.0 Å². The van der Waals surface area contributed by atoms with Crippen LogP contribution < -0.4 is 16.4 Å². The summed E-state index contributed by atoms with van der Waals surface area (Å²) in [5.41, 5.74) is 8.22. The zero-order valence-electron chi connectivity index (χ0n) is 22.2. The number of ether oxygens (including phenoxy) is 2. The van der Waals surface area contributed by atoms with Crippen LogP contribution in [0, 0.1) is 0 Å². The fraction of sp³-hybridized carbons (Fsp3) is 0.188. The van der Waals surface area contributed by atoms with Crippen LogP contribution in [0.1, 0.15) is 31.4 Å². The van der Waals surface area contributed by atoms with Crippen molar-refractivity contribution in [1.29, 1.82) is 0 Å². The number of hydrogen-bond acceptors (Lipinski definition) is 6. The number of hydrogen-bond donors (Lipinski definition) is 4. The minimum atomic E-state index is -0.762. The Bertz CT molecular complexity index is 1460. The van der Waals surface area contributed by atoms with Crippen LogP contribution in [-0.2, 0) is 14.3 Å². The second-order valence-corrected chi connectivity index (χ2v) is 9.12. The molecule has 0 bridgehead atoms. The number of benzene rings is 4. The molecule has 2 amide bonds. The zero-order valence-corrected chi connectivity index (χ0v) is 22.2. The number of anilines is 3. The molecule has 0 aliphatic carbocycles. The van der Waals surface area contributed by atoms with Crippen LogP contribution in [0.2, 0.25) is 0 Å². The number of phenols is 1. The van der Waals surface area contributed by atoms with Crippen LogP contribution in [-0.4, -0.2) is 29.8 Å². The number of amides is 2. The predicted molar refractivity (Wildman–Crippen MR) is 158 cm³/mol. The molecule has 206 valence electrons. The average molecular weight is 540 g/mol. The van der Waals surface area contributed by atoms with Crippen molar-refractivity contribution >= 4 is 39.8 Å². The summed E-state index contributed by atoms with van der Waals surface area (Å²) < 4.78 is 12.0. The first-order chi connectivity index (χ1) is 19.4. The average Bonchev–Trinajstić information content (AvgIpc) is 2.95. The molecule has 0 spiro atoms. The minimum absolute atomic E-state index is 0.101. The fourth-order valence-corrected chi connectivity index (χ4v) is 4.38. The molecule has 0 heterocycles. The van der Waals surface area contributed by atoms with Crippen molar-refractivity contribution in [3.63, 3.8) is 0 Å². The molecule has 5 N–H and O–H groups in total. The first-order valence-electron chi connectivity index (χ1n) is 13.1. The first kappa shape index (κ1) is 28.2. The Morgan fingerprint density at radius 1 is 0.900 bits per heavy atom. The monoisotopic (exact) mass is 539 g/mol. The van der Waals surface area contributed by atoms with Crippen molar-refractivity contribution in [3.8, 4) is 5.75 Å². The molecule has 4 rings (SSSR count). The van der Waals surface area contributed by atoms with E-state index < -0.39 is 18.3 Å². The largest absolute Gasteiger partial charge is 0.508 e. The van der Waals surface area contributed by atoms with Crippen molar-refractivity contribution in [2.45, 2.75) is 32.0 Å². The predicted octanol–water partition coefficient (Wildman–Crippen LogP) is 6.80. The molecule has 8 heteroatoms. The van der Waals surface area contributed by atoms with Gasteiger partial charge < -0.3 is 25.6 Å². The van der Waals surface area contributed by atoms with E-state index in [0.717, 1.165) is 10.8 Å². The Balaban J connectivity index is 1.46. The highest BCUT2D eigenvalue weighted by Gasteiger charge is 2.28. The maximum Gasteiger partial charge on any atom is 0.412 e. The van der Waals surface area contributed by atoms with Crippen molar-refractivity contribution in [3.05, 3.63) is 109 Å². The molecule has 0 aliphatic rings. The van der Waals surface area contributed by atoms with Crippen molar-refractivity contribution < 1.29 is 24.2 Å². The number of aromatic hydroxyl groups is 1. The fourth-order valence-electron chi connectivity index (χ4n) is 4.38. The second-order valence-electron chi connectivity index (χ2n) is 9.12. The molecule has 40 heavy (non-hydrogen) atoms. The first-order valence-corrected chi connectivity index (χ1v) is 13.1. The normalized spacial score (nSPS) is 12.6. The number of nitrogen functional groups attached to an aromatic ring is 1. The van der Waals surface area contributed by atoms with Gasteiger partial charge in [-0.2, -0.15) is 0 Å². The molecular weight excluding hydrogens is 506 g/mol. The molecule has 0 unspecified atom stereocenters. The third-order valence-corrected chi connectivity index (χ3v) is 6.31. The maximum absolute atomic E-state index is 13.1. The van der Waals surface area contributed by atoms with Gasteiger partial charge in [0.25, 0.3) is 0 Å². The van der Waals surface area contributed by atoms with E-state index >= 15 is 0 Å². The van der Waals surface area contributed by atoms with Gasteiger partial charge in [0.1, 0.15) is 5.75 Å². The van der Waals surface area contributed by atoms with E-state index in [-0.39, 0.29) is 11.7 Å². The number of phenolic OH excluding ortho intramolecular Hbond substituents is 1. The Morgan fingerprint density at radius 2 is 1.60 bits per heavy atom. The Hall–Kier alpha value is -4.82. The lowest BCUT2D eigenvalue weighted by atomic mass is 10.00. The lowest BCUT2D eigenvalue weighted by Crippen LogP contribution is -2.29. The lowest BCUT2D eigenvalue weighted by Gasteiger charge is -2.27. The molecule has 0 saturated carbocycles. The smallest absolute Gasteiger partial charge is 0.412 e. The van der Waals surface area contributed by atoms with E-state index in [9.17, 15) is 14.7 Å². The third-order valence-electron chi connectivity index (χ3n) is 6.31. The highest BCUT2D eigenvalue weighted by molar-refractivity contribution is 6.01. The van der Waals surface area contributed by atoms with Gasteiger partial charge >= 0.3 is 6.09 Å². The zero-order chi connectivity index (χ0) is 28.3. The molecule has 4 aromatic carbocycles. The van der Waals surface area contributed by atoms with Gasteiger partial charge in [0.15, 0.2) is 6.10 Å². The minimum Gasteiger partial charge on any atom is -0.508 e. The van der Waals surface area contributed by atoms with E-state index in [1.165, 1.54) is 18.2 Å². The van der Waals surface area contributed by atoms with Crippen molar-refractivity contribution in [2.24, 2.45) is 0 Å². The lowest BCUT2D eigenvalue weighted by molar-refractivity contribution is -0.111. The van der Waals surface area contributed by atoms with Gasteiger partial charge in [0.05, 0.1) is 23.2 Å². The number of rotatable bonds is 11. The summed E-state index contributed by atoms with van der Waals surface area (Å²) in [6.07, 6.45) is 2.24. The quantitative estimate of drug-likeness (QED) is 0.123. The Morgan fingerprint density at radius 3 is 2.38 bits per heavy atom. The Labute approximate surface area is 233 Å². The molecule has 0 aliphatic heterocycles. The summed E-state index contributed by atoms with van der Waals surface area (Å²) in [6, 6.07) is 26.9. The van der Waals surface area contributed by atoms with Gasteiger partial charge in [-0.25, -0.2) is 4.79 Å². The third kappa shape index (κ3) is 7.61. The van der Waals surface area contributed by atoms with Crippen LogP contribution in [0.15, 0.2) is 103 Å². The number of fused-ring (bicyclic) bond motifs is 1. The van der Waals surface area contributed by atoms with Gasteiger partial charge in [-0.15, -0.1) is 0 Å². The van der Waals surface area contributed by atoms with Crippen molar-refractivity contribution in [2.75, 3.05) is 23.0 Å². The number of carbonyl (C=O) groups excluding carboxylic acids is 2. The molecule has 2 atom stereocenters. The second kappa shape index (κ2) is 13.8. The number of carbonyl (C=O) groups is 2. The Kier molecular flexibility index (Phi) is 9.74. The van der Waals surface area contributed by atoms with Crippen LogP contribution >= 0.6 is 0 Å². The van der Waals surface area contributed by atoms with E-state index in [2.05, 4.69) is 10.6 Å². The van der Waals surface area contributed by atoms with Gasteiger partial charge in [-0.1, -0.05) is 66.7 Å². The number of para-hydroxylation sites is 2. The molecule has 0 saturated heterocycles. The highest BCUT2D eigenvalue weighted by atomic mass is 16.6. The number of nitrogens with one attached hydrogen (secondary N) is 2. The van der Waals surface area contributed by atoms with Gasteiger partial charge in [-0.05, 0) is 67.1 Å². The van der Waals surface area contributed by atoms with Crippen LogP contribution in [0.25, 0.3) is 10.8 Å². The summed E-state index contributed by atoms with van der Waals surface area (Å²) in [5.74, 6) is -0.199. The van der Waals surface area contributed by atoms with Crippen LogP contribution in [0.4, 0.5) is 21.9 Å². The van der Waals surface area contributed by atoms with Crippen molar-refractivity contribution in [1.82, 2.24) is 0 Å². The molecule has 0 radical (unpaired) electrons. The molecule has 4 aromatic rings. The molecule has 0 aromatic heterocycles. The summed E-state index contributed by atoms with van der Waals surface area (Å²) in [5, 5.41) is 17.3. The molecule has 0 fully saturated rings. The SMILES string of the molecule is CCO[C@H](CC/C=C/C(=O)Nc1ccccc1N)[C@H](OC(=O)Nc1cccc2ccccc12)c1ccc(O)cc1. The van der Waals surface area contributed by atoms with Gasteiger partial charge in [0.2, 0.25) is 5.91 Å². The maximum atomic E-state index is 13.1. The van der Waals surface area contributed by atoms with E-state index in [1.807, 2.05) is 49.4 Å². The number of allylic oxidation sites excluding steroid dienone is 1.